The predicted octanol–water partition coefficient (Wildman–Crippen LogP) is 0.698. The van der Waals surface area contributed by atoms with E-state index in [1.54, 1.807) is 24.3 Å². The highest BCUT2D eigenvalue weighted by atomic mass is 35.5. The van der Waals surface area contributed by atoms with Crippen molar-refractivity contribution in [2.45, 2.75) is 19.9 Å². The van der Waals surface area contributed by atoms with Crippen molar-refractivity contribution in [3.8, 4) is 5.75 Å². The molecule has 1 aromatic rings. The molecule has 1 aromatic carbocycles. The first kappa shape index (κ1) is 22.7. The van der Waals surface area contributed by atoms with Gasteiger partial charge in [-0.2, -0.15) is 0 Å². The van der Waals surface area contributed by atoms with E-state index >= 15 is 0 Å². The van der Waals surface area contributed by atoms with Crippen molar-refractivity contribution >= 4 is 35.9 Å². The molecule has 9 heteroatoms. The first-order valence-electron chi connectivity index (χ1n) is 7.46. The number of rotatable bonds is 8. The Hall–Kier alpha value is -2.32. The number of nitrogens with two attached hydrogens (primary N) is 1. The van der Waals surface area contributed by atoms with Crippen molar-refractivity contribution in [3.63, 3.8) is 0 Å². The van der Waals surface area contributed by atoms with Gasteiger partial charge in [-0.05, 0) is 18.1 Å². The summed E-state index contributed by atoms with van der Waals surface area (Å²) in [6.45, 7) is 3.23. The van der Waals surface area contributed by atoms with Gasteiger partial charge in [-0.3, -0.25) is 9.59 Å². The molecule has 0 saturated carbocycles. The summed E-state index contributed by atoms with van der Waals surface area (Å²) in [4.78, 5) is 34.6. The standard InChI is InChI=1S/C16H23N3O5.ClH/c1-10(2)15(17)16(22)18-8-13(20)19-11-5-4-6-12(7-11)24-9-14(21)23-3;/h4-7,10,15H,8-9,17H2,1-3H3,(H,18,22)(H,19,20);1H/t15-;/m0./s1. The summed E-state index contributed by atoms with van der Waals surface area (Å²) >= 11 is 0. The Labute approximate surface area is 152 Å². The summed E-state index contributed by atoms with van der Waals surface area (Å²) < 4.78 is 9.70. The largest absolute Gasteiger partial charge is 0.482 e. The second kappa shape index (κ2) is 11.3. The minimum absolute atomic E-state index is 0. The molecule has 0 radical (unpaired) electrons. The topological polar surface area (TPSA) is 120 Å². The Morgan fingerprint density at radius 2 is 1.92 bits per heavy atom. The quantitative estimate of drug-likeness (QED) is 0.577. The molecular formula is C16H24ClN3O5. The third-order valence-electron chi connectivity index (χ3n) is 3.15. The Balaban J connectivity index is 0.00000576. The van der Waals surface area contributed by atoms with Crippen LogP contribution in [0, 0.1) is 5.92 Å². The highest BCUT2D eigenvalue weighted by Gasteiger charge is 2.17. The van der Waals surface area contributed by atoms with Gasteiger partial charge in [0, 0.05) is 11.8 Å². The summed E-state index contributed by atoms with van der Waals surface area (Å²) in [7, 11) is 1.27. The fraction of sp³-hybridized carbons (Fsp3) is 0.438. The number of benzene rings is 1. The number of halogens is 1. The van der Waals surface area contributed by atoms with Crippen LogP contribution < -0.4 is 21.1 Å². The Bertz CT molecular complexity index is 595. The molecule has 1 atom stereocenters. The van der Waals surface area contributed by atoms with Crippen LogP contribution in [0.1, 0.15) is 13.8 Å². The summed E-state index contributed by atoms with van der Waals surface area (Å²) in [5, 5.41) is 5.09. The minimum Gasteiger partial charge on any atom is -0.482 e. The van der Waals surface area contributed by atoms with Crippen LogP contribution in [0.2, 0.25) is 0 Å². The van der Waals surface area contributed by atoms with Crippen molar-refractivity contribution in [2.24, 2.45) is 11.7 Å². The van der Waals surface area contributed by atoms with E-state index in [0.29, 0.717) is 11.4 Å². The fourth-order valence-corrected chi connectivity index (χ4v) is 1.66. The van der Waals surface area contributed by atoms with Crippen LogP contribution in [-0.4, -0.2) is 44.1 Å². The molecule has 1 rings (SSSR count). The van der Waals surface area contributed by atoms with E-state index < -0.39 is 17.9 Å². The molecule has 0 aliphatic carbocycles. The number of anilines is 1. The molecule has 8 nitrogen and oxygen atoms in total. The van der Waals surface area contributed by atoms with Gasteiger partial charge in [0.1, 0.15) is 5.75 Å². The molecule has 2 amide bonds. The maximum Gasteiger partial charge on any atom is 0.343 e. The van der Waals surface area contributed by atoms with Gasteiger partial charge in [0.2, 0.25) is 11.8 Å². The van der Waals surface area contributed by atoms with Gasteiger partial charge in [-0.15, -0.1) is 12.4 Å². The maximum absolute atomic E-state index is 11.9. The molecule has 0 aliphatic rings. The second-order valence-corrected chi connectivity index (χ2v) is 5.43. The molecule has 0 aliphatic heterocycles. The molecule has 0 fully saturated rings. The smallest absolute Gasteiger partial charge is 0.343 e. The zero-order chi connectivity index (χ0) is 18.1. The van der Waals surface area contributed by atoms with E-state index in [1.165, 1.54) is 7.11 Å². The lowest BCUT2D eigenvalue weighted by molar-refractivity contribution is -0.142. The fourth-order valence-electron chi connectivity index (χ4n) is 1.66. The zero-order valence-corrected chi connectivity index (χ0v) is 15.2. The van der Waals surface area contributed by atoms with Crippen LogP contribution in [0.4, 0.5) is 5.69 Å². The summed E-state index contributed by atoms with van der Waals surface area (Å²) in [6.07, 6.45) is 0. The molecule has 0 heterocycles. The third-order valence-corrected chi connectivity index (χ3v) is 3.15. The van der Waals surface area contributed by atoms with E-state index in [4.69, 9.17) is 10.5 Å². The predicted molar refractivity (Wildman–Crippen MR) is 95.7 cm³/mol. The van der Waals surface area contributed by atoms with Gasteiger partial charge >= 0.3 is 5.97 Å². The Kier molecular flexibility index (Phi) is 10.2. The van der Waals surface area contributed by atoms with Crippen molar-refractivity contribution in [2.75, 3.05) is 25.6 Å². The van der Waals surface area contributed by atoms with E-state index in [1.807, 2.05) is 13.8 Å². The van der Waals surface area contributed by atoms with E-state index in [9.17, 15) is 14.4 Å². The number of nitrogens with one attached hydrogen (secondary N) is 2. The minimum atomic E-state index is -0.659. The van der Waals surface area contributed by atoms with E-state index in [-0.39, 0.29) is 37.4 Å². The monoisotopic (exact) mass is 373 g/mol. The summed E-state index contributed by atoms with van der Waals surface area (Å²) in [5.41, 5.74) is 6.17. The highest BCUT2D eigenvalue weighted by Crippen LogP contribution is 2.17. The summed E-state index contributed by atoms with van der Waals surface area (Å²) in [6, 6.07) is 5.86. The Morgan fingerprint density at radius 3 is 2.52 bits per heavy atom. The molecule has 4 N–H and O–H groups in total. The number of hydrogen-bond acceptors (Lipinski definition) is 6. The average Bonchev–Trinajstić information content (AvgIpc) is 2.57. The van der Waals surface area contributed by atoms with Gasteiger partial charge in [0.05, 0.1) is 19.7 Å². The number of ether oxygens (including phenoxy) is 2. The van der Waals surface area contributed by atoms with Crippen LogP contribution in [0.3, 0.4) is 0 Å². The van der Waals surface area contributed by atoms with Crippen molar-refractivity contribution in [1.82, 2.24) is 5.32 Å². The number of carbonyl (C=O) groups is 3. The molecule has 25 heavy (non-hydrogen) atoms. The maximum atomic E-state index is 11.9. The number of esters is 1. The SMILES string of the molecule is COC(=O)COc1cccc(NC(=O)CNC(=O)[C@@H](N)C(C)C)c1.Cl. The van der Waals surface area contributed by atoms with Gasteiger partial charge in [0.15, 0.2) is 6.61 Å². The molecular weight excluding hydrogens is 350 g/mol. The molecule has 0 unspecified atom stereocenters. The lowest BCUT2D eigenvalue weighted by atomic mass is 10.1. The van der Waals surface area contributed by atoms with Crippen LogP contribution in [-0.2, 0) is 19.1 Å². The molecule has 0 aromatic heterocycles. The number of carbonyl (C=O) groups excluding carboxylic acids is 3. The summed E-state index contributed by atoms with van der Waals surface area (Å²) in [5.74, 6) is -0.894. The van der Waals surface area contributed by atoms with Gasteiger partial charge < -0.3 is 25.8 Å². The van der Waals surface area contributed by atoms with E-state index in [0.717, 1.165) is 0 Å². The molecule has 0 bridgehead atoms. The van der Waals surface area contributed by atoms with Gasteiger partial charge in [-0.1, -0.05) is 19.9 Å². The lowest BCUT2D eigenvalue weighted by Crippen LogP contribution is -2.46. The zero-order valence-electron chi connectivity index (χ0n) is 14.4. The van der Waals surface area contributed by atoms with Crippen molar-refractivity contribution in [1.29, 1.82) is 0 Å². The third kappa shape index (κ3) is 8.37. The van der Waals surface area contributed by atoms with Crippen LogP contribution in [0.5, 0.6) is 5.75 Å². The van der Waals surface area contributed by atoms with Gasteiger partial charge in [-0.25, -0.2) is 4.79 Å². The molecule has 0 spiro atoms. The number of amides is 2. The van der Waals surface area contributed by atoms with Gasteiger partial charge in [0.25, 0.3) is 0 Å². The number of methoxy groups -OCH3 is 1. The highest BCUT2D eigenvalue weighted by molar-refractivity contribution is 5.95. The lowest BCUT2D eigenvalue weighted by Gasteiger charge is -2.15. The van der Waals surface area contributed by atoms with Crippen LogP contribution in [0.25, 0.3) is 0 Å². The van der Waals surface area contributed by atoms with Crippen molar-refractivity contribution < 1.29 is 23.9 Å². The molecule has 140 valence electrons. The second-order valence-electron chi connectivity index (χ2n) is 5.43. The first-order chi connectivity index (χ1) is 11.3. The van der Waals surface area contributed by atoms with E-state index in [2.05, 4.69) is 15.4 Å². The first-order valence-corrected chi connectivity index (χ1v) is 7.46. The van der Waals surface area contributed by atoms with Crippen LogP contribution >= 0.6 is 12.4 Å². The van der Waals surface area contributed by atoms with Crippen LogP contribution in [0.15, 0.2) is 24.3 Å². The number of hydrogen-bond donors (Lipinski definition) is 3. The molecule has 0 saturated heterocycles. The average molecular weight is 374 g/mol. The van der Waals surface area contributed by atoms with Crippen molar-refractivity contribution in [3.05, 3.63) is 24.3 Å². The normalized spacial score (nSPS) is 11.1. The Morgan fingerprint density at radius 1 is 1.24 bits per heavy atom.